The normalized spacial score (nSPS) is 11.6. The molecule has 0 bridgehead atoms. The number of aliphatic hydroxyl groups excluding tert-OH is 2. The Balaban J connectivity index is 1.87. The van der Waals surface area contributed by atoms with Gasteiger partial charge in [-0.3, -0.25) is 4.79 Å². The molecular weight excluding hydrogens is 350 g/mol. The van der Waals surface area contributed by atoms with Gasteiger partial charge in [-0.15, -0.1) is 0 Å². The Bertz CT molecular complexity index is 935. The highest BCUT2D eigenvalue weighted by molar-refractivity contribution is 6.07. The van der Waals surface area contributed by atoms with Gasteiger partial charge < -0.3 is 24.7 Å². The fourth-order valence-electron chi connectivity index (χ4n) is 2.60. The van der Waals surface area contributed by atoms with Gasteiger partial charge in [-0.05, 0) is 44.2 Å². The number of aryl methyl sites for hydroxylation is 1. The van der Waals surface area contributed by atoms with E-state index >= 15 is 0 Å². The van der Waals surface area contributed by atoms with E-state index in [9.17, 15) is 15.0 Å². The summed E-state index contributed by atoms with van der Waals surface area (Å²) in [5.74, 6) is 0.546. The van der Waals surface area contributed by atoms with Crippen molar-refractivity contribution in [1.82, 2.24) is 15.5 Å². The Morgan fingerprint density at radius 3 is 2.74 bits per heavy atom. The van der Waals surface area contributed by atoms with E-state index in [0.29, 0.717) is 33.7 Å². The first kappa shape index (κ1) is 18.8. The van der Waals surface area contributed by atoms with Gasteiger partial charge in [0.05, 0.1) is 24.3 Å². The van der Waals surface area contributed by atoms with Crippen LogP contribution in [0, 0.1) is 6.92 Å². The van der Waals surface area contributed by atoms with E-state index in [1.54, 1.807) is 50.4 Å². The van der Waals surface area contributed by atoms with Crippen LogP contribution >= 0.6 is 0 Å². The number of hydrogen-bond donors (Lipinski definition) is 3. The minimum Gasteiger partial charge on any atom is -0.487 e. The van der Waals surface area contributed by atoms with Crippen LogP contribution < -0.4 is 10.1 Å². The molecule has 2 heterocycles. The molecule has 2 aromatic heterocycles. The van der Waals surface area contributed by atoms with Gasteiger partial charge in [-0.1, -0.05) is 0 Å². The van der Waals surface area contributed by atoms with Crippen LogP contribution in [0.15, 0.2) is 40.9 Å². The molecular formula is C19H21N3O5. The summed E-state index contributed by atoms with van der Waals surface area (Å²) in [5.41, 5.74) is 0.426. The number of carbonyl (C=O) groups excluding carboxylic acids is 1. The zero-order valence-corrected chi connectivity index (χ0v) is 15.1. The van der Waals surface area contributed by atoms with Crippen molar-refractivity contribution in [2.75, 3.05) is 13.2 Å². The van der Waals surface area contributed by atoms with Gasteiger partial charge in [-0.2, -0.15) is 10.2 Å². The van der Waals surface area contributed by atoms with E-state index in [1.807, 2.05) is 0 Å². The van der Waals surface area contributed by atoms with E-state index in [-0.39, 0.29) is 6.61 Å². The van der Waals surface area contributed by atoms with Crippen molar-refractivity contribution in [3.05, 3.63) is 53.5 Å². The predicted octanol–water partition coefficient (Wildman–Crippen LogP) is 1.58. The summed E-state index contributed by atoms with van der Waals surface area (Å²) in [6.07, 6.45) is 1.58. The number of benzene rings is 1. The molecule has 0 saturated heterocycles. The molecule has 8 nitrogen and oxygen atoms in total. The molecule has 0 radical (unpaired) electrons. The lowest BCUT2D eigenvalue weighted by Crippen LogP contribution is -2.51. The lowest BCUT2D eigenvalue weighted by Gasteiger charge is -2.26. The van der Waals surface area contributed by atoms with Crippen molar-refractivity contribution < 1.29 is 24.2 Å². The molecule has 3 aromatic rings. The summed E-state index contributed by atoms with van der Waals surface area (Å²) in [6, 6.07) is 8.76. The molecule has 1 amide bonds. The van der Waals surface area contributed by atoms with Gasteiger partial charge in [0, 0.05) is 11.6 Å². The van der Waals surface area contributed by atoms with Gasteiger partial charge >= 0.3 is 0 Å². The number of fused-ring (bicyclic) bond motifs is 1. The highest BCUT2D eigenvalue weighted by Crippen LogP contribution is 2.29. The highest BCUT2D eigenvalue weighted by atomic mass is 16.5. The summed E-state index contributed by atoms with van der Waals surface area (Å²) < 4.78 is 11.4. The quantitative estimate of drug-likeness (QED) is 0.577. The molecule has 0 spiro atoms. The summed E-state index contributed by atoms with van der Waals surface area (Å²) >= 11 is 0. The third-order valence-electron chi connectivity index (χ3n) is 4.19. The van der Waals surface area contributed by atoms with Gasteiger partial charge in [0.1, 0.15) is 29.4 Å². The van der Waals surface area contributed by atoms with Crippen LogP contribution in [0.5, 0.6) is 5.75 Å². The smallest absolute Gasteiger partial charge is 0.256 e. The van der Waals surface area contributed by atoms with Crippen LogP contribution in [-0.2, 0) is 6.61 Å². The Morgan fingerprint density at radius 1 is 1.30 bits per heavy atom. The molecule has 0 aliphatic rings. The van der Waals surface area contributed by atoms with Crippen molar-refractivity contribution in [3.8, 4) is 5.75 Å². The van der Waals surface area contributed by atoms with Crippen molar-refractivity contribution >= 4 is 16.9 Å². The average Bonchev–Trinajstić information content (AvgIpc) is 3.02. The number of rotatable bonds is 7. The van der Waals surface area contributed by atoms with E-state index in [2.05, 4.69) is 15.5 Å². The maximum Gasteiger partial charge on any atom is 0.256 e. The number of hydrogen-bond acceptors (Lipinski definition) is 7. The Hall–Kier alpha value is -2.97. The SMILES string of the molecule is Cc1oc2ccc(OCc3cccnn3)cc2c1C(=O)NC(C)(CO)CO. The molecule has 0 aliphatic heterocycles. The van der Waals surface area contributed by atoms with Crippen LogP contribution in [0.3, 0.4) is 0 Å². The predicted molar refractivity (Wildman–Crippen MR) is 97.4 cm³/mol. The molecule has 0 saturated carbocycles. The molecule has 0 aliphatic carbocycles. The van der Waals surface area contributed by atoms with Crippen molar-refractivity contribution in [2.24, 2.45) is 0 Å². The average molecular weight is 371 g/mol. The van der Waals surface area contributed by atoms with Gasteiger partial charge in [0.2, 0.25) is 0 Å². The van der Waals surface area contributed by atoms with Crippen LogP contribution in [0.4, 0.5) is 0 Å². The molecule has 3 rings (SSSR count). The van der Waals surface area contributed by atoms with Gasteiger partial charge in [0.25, 0.3) is 5.91 Å². The zero-order valence-electron chi connectivity index (χ0n) is 15.1. The van der Waals surface area contributed by atoms with E-state index in [1.165, 1.54) is 0 Å². The summed E-state index contributed by atoms with van der Waals surface area (Å²) in [5, 5.41) is 29.8. The second kappa shape index (κ2) is 7.73. The topological polar surface area (TPSA) is 118 Å². The third-order valence-corrected chi connectivity index (χ3v) is 4.19. The minimum atomic E-state index is -1.13. The fourth-order valence-corrected chi connectivity index (χ4v) is 2.60. The number of aliphatic hydroxyl groups is 2. The van der Waals surface area contributed by atoms with Gasteiger partial charge in [-0.25, -0.2) is 0 Å². The summed E-state index contributed by atoms with van der Waals surface area (Å²) in [4.78, 5) is 12.7. The van der Waals surface area contributed by atoms with Crippen LogP contribution in [0.25, 0.3) is 11.0 Å². The van der Waals surface area contributed by atoms with E-state index < -0.39 is 24.7 Å². The van der Waals surface area contributed by atoms with Crippen LogP contribution in [0.2, 0.25) is 0 Å². The van der Waals surface area contributed by atoms with Crippen molar-refractivity contribution in [1.29, 1.82) is 0 Å². The van der Waals surface area contributed by atoms with Crippen LogP contribution in [0.1, 0.15) is 28.7 Å². The molecule has 0 atom stereocenters. The largest absolute Gasteiger partial charge is 0.487 e. The second-order valence-corrected chi connectivity index (χ2v) is 6.53. The molecule has 3 N–H and O–H groups in total. The Kier molecular flexibility index (Phi) is 5.38. The van der Waals surface area contributed by atoms with E-state index in [0.717, 1.165) is 0 Å². The first-order valence-electron chi connectivity index (χ1n) is 8.42. The first-order chi connectivity index (χ1) is 13.0. The number of carbonyl (C=O) groups is 1. The minimum absolute atomic E-state index is 0.241. The number of ether oxygens (including phenoxy) is 1. The van der Waals surface area contributed by atoms with E-state index in [4.69, 9.17) is 9.15 Å². The number of amides is 1. The van der Waals surface area contributed by atoms with Gasteiger partial charge in [0.15, 0.2) is 0 Å². The first-order valence-corrected chi connectivity index (χ1v) is 8.42. The van der Waals surface area contributed by atoms with Crippen LogP contribution in [-0.4, -0.2) is 45.1 Å². The fraction of sp³-hybridized carbons (Fsp3) is 0.316. The highest BCUT2D eigenvalue weighted by Gasteiger charge is 2.28. The maximum absolute atomic E-state index is 12.7. The lowest BCUT2D eigenvalue weighted by atomic mass is 10.0. The molecule has 0 fully saturated rings. The standard InChI is InChI=1S/C19H21N3O5/c1-12-17(18(25)21-19(2,10-23)11-24)15-8-14(5-6-16(15)27-12)26-9-13-4-3-7-20-22-13/h3-8,23-24H,9-11H2,1-2H3,(H,21,25). The Morgan fingerprint density at radius 2 is 2.07 bits per heavy atom. The number of nitrogens with one attached hydrogen (secondary N) is 1. The Labute approximate surface area is 155 Å². The molecule has 27 heavy (non-hydrogen) atoms. The third kappa shape index (κ3) is 4.07. The zero-order chi connectivity index (χ0) is 19.4. The van der Waals surface area contributed by atoms with Crippen molar-refractivity contribution in [2.45, 2.75) is 26.0 Å². The number of nitrogens with zero attached hydrogens (tertiary/aromatic N) is 2. The molecule has 1 aromatic carbocycles. The number of aromatic nitrogens is 2. The molecule has 8 heteroatoms. The van der Waals surface area contributed by atoms with Crippen molar-refractivity contribution in [3.63, 3.8) is 0 Å². The maximum atomic E-state index is 12.7. The summed E-state index contributed by atoms with van der Waals surface area (Å²) in [7, 11) is 0. The lowest BCUT2D eigenvalue weighted by molar-refractivity contribution is 0.0723. The monoisotopic (exact) mass is 371 g/mol. The summed E-state index contributed by atoms with van der Waals surface area (Å²) in [6.45, 7) is 2.69. The molecule has 142 valence electrons. The molecule has 0 unspecified atom stereocenters. The second-order valence-electron chi connectivity index (χ2n) is 6.53. The number of furan rings is 1.